The summed E-state index contributed by atoms with van der Waals surface area (Å²) in [5, 5.41) is 7.10. The molecule has 0 amide bonds. The molecule has 0 spiro atoms. The predicted octanol–water partition coefficient (Wildman–Crippen LogP) is 3.33. The number of benzene rings is 1. The van der Waals surface area contributed by atoms with Gasteiger partial charge in [-0.3, -0.25) is 0 Å². The van der Waals surface area contributed by atoms with Gasteiger partial charge in [-0.1, -0.05) is 31.2 Å². The molecule has 0 aliphatic carbocycles. The van der Waals surface area contributed by atoms with Crippen LogP contribution in [0.4, 0.5) is 0 Å². The first-order valence-electron chi connectivity index (χ1n) is 8.45. The highest BCUT2D eigenvalue weighted by molar-refractivity contribution is 8.00. The lowest BCUT2D eigenvalue weighted by Crippen LogP contribution is -2.40. The average molecular weight is 359 g/mol. The van der Waals surface area contributed by atoms with Gasteiger partial charge in [0, 0.05) is 29.3 Å². The monoisotopic (exact) mass is 358 g/mol. The summed E-state index contributed by atoms with van der Waals surface area (Å²) >= 11 is 1.85. The number of ether oxygens (including phenoxy) is 1. The lowest BCUT2D eigenvalue weighted by molar-refractivity contribution is 0.396. The molecule has 0 aliphatic heterocycles. The quantitative estimate of drug-likeness (QED) is 0.431. The summed E-state index contributed by atoms with van der Waals surface area (Å²) in [5.74, 6) is 1.41. The van der Waals surface area contributed by atoms with E-state index >= 15 is 0 Å². The Morgan fingerprint density at radius 3 is 2.68 bits per heavy atom. The van der Waals surface area contributed by atoms with Crippen molar-refractivity contribution in [3.8, 4) is 5.88 Å². The number of rotatable bonds is 8. The van der Waals surface area contributed by atoms with Gasteiger partial charge in [0.1, 0.15) is 0 Å². The van der Waals surface area contributed by atoms with Crippen LogP contribution < -0.4 is 15.4 Å². The predicted molar refractivity (Wildman–Crippen MR) is 105 cm³/mol. The van der Waals surface area contributed by atoms with Crippen LogP contribution in [-0.2, 0) is 6.54 Å². The van der Waals surface area contributed by atoms with Crippen molar-refractivity contribution in [1.29, 1.82) is 0 Å². The molecule has 6 heteroatoms. The highest BCUT2D eigenvalue weighted by Gasteiger charge is 2.06. The summed E-state index contributed by atoms with van der Waals surface area (Å²) in [6.45, 7) is 6.42. The van der Waals surface area contributed by atoms with Gasteiger partial charge in [-0.05, 0) is 25.1 Å². The molecule has 1 atom stereocenters. The minimum Gasteiger partial charge on any atom is -0.481 e. The molecule has 1 heterocycles. The summed E-state index contributed by atoms with van der Waals surface area (Å²) in [7, 11) is 1.62. The summed E-state index contributed by atoms with van der Waals surface area (Å²) in [5.41, 5.74) is 0.878. The number of aliphatic imine (C=N–C) groups is 1. The molecule has 2 aromatic rings. The van der Waals surface area contributed by atoms with Gasteiger partial charge < -0.3 is 15.4 Å². The summed E-state index contributed by atoms with van der Waals surface area (Å²) in [4.78, 5) is 10.3. The van der Waals surface area contributed by atoms with E-state index < -0.39 is 0 Å². The lowest BCUT2D eigenvalue weighted by Gasteiger charge is -2.15. The highest BCUT2D eigenvalue weighted by Crippen LogP contribution is 2.21. The van der Waals surface area contributed by atoms with Gasteiger partial charge in [0.2, 0.25) is 5.88 Å². The number of aromatic nitrogens is 1. The van der Waals surface area contributed by atoms with E-state index in [0.717, 1.165) is 24.7 Å². The standard InChI is InChI=1S/C19H26N4OS/c1-4-20-19(22-14-16-9-8-12-18(23-16)24-3)21-13-15(2)25-17-10-6-5-7-11-17/h5-12,15H,4,13-14H2,1-3H3,(H2,20,21,22). The summed E-state index contributed by atoms with van der Waals surface area (Å²) in [6.07, 6.45) is 0. The number of nitrogens with zero attached hydrogens (tertiary/aromatic N) is 2. The summed E-state index contributed by atoms with van der Waals surface area (Å²) < 4.78 is 5.15. The highest BCUT2D eigenvalue weighted by atomic mass is 32.2. The summed E-state index contributed by atoms with van der Waals surface area (Å²) in [6, 6.07) is 16.1. The van der Waals surface area contributed by atoms with Crippen LogP contribution in [0.2, 0.25) is 0 Å². The third-order valence-electron chi connectivity index (χ3n) is 3.37. The van der Waals surface area contributed by atoms with E-state index in [-0.39, 0.29) is 0 Å². The fourth-order valence-corrected chi connectivity index (χ4v) is 3.12. The van der Waals surface area contributed by atoms with Gasteiger partial charge in [0.05, 0.1) is 19.3 Å². The zero-order valence-electron chi connectivity index (χ0n) is 15.0. The van der Waals surface area contributed by atoms with Crippen molar-refractivity contribution in [2.45, 2.75) is 30.5 Å². The Morgan fingerprint density at radius 2 is 1.96 bits per heavy atom. The molecule has 1 aromatic carbocycles. The maximum atomic E-state index is 5.15. The second-order valence-corrected chi connectivity index (χ2v) is 7.00. The topological polar surface area (TPSA) is 58.5 Å². The smallest absolute Gasteiger partial charge is 0.213 e. The van der Waals surface area contributed by atoms with Crippen molar-refractivity contribution in [2.75, 3.05) is 20.2 Å². The molecule has 0 saturated heterocycles. The van der Waals surface area contributed by atoms with Gasteiger partial charge in [0.15, 0.2) is 5.96 Å². The first-order chi connectivity index (χ1) is 12.2. The number of pyridine rings is 1. The first-order valence-corrected chi connectivity index (χ1v) is 9.33. The number of nitrogens with one attached hydrogen (secondary N) is 2. The van der Waals surface area contributed by atoms with E-state index in [4.69, 9.17) is 4.74 Å². The van der Waals surface area contributed by atoms with Gasteiger partial charge in [0.25, 0.3) is 0 Å². The Balaban J connectivity index is 1.88. The molecule has 1 unspecified atom stereocenters. The molecule has 1 aromatic heterocycles. The first kappa shape index (κ1) is 19.1. The molecular formula is C19H26N4OS. The van der Waals surface area contributed by atoms with Gasteiger partial charge >= 0.3 is 0 Å². The molecule has 0 aliphatic rings. The molecule has 0 fully saturated rings. The average Bonchev–Trinajstić information content (AvgIpc) is 2.65. The third kappa shape index (κ3) is 7.05. The van der Waals surface area contributed by atoms with Gasteiger partial charge in [-0.15, -0.1) is 11.8 Å². The Bertz CT molecular complexity index is 663. The van der Waals surface area contributed by atoms with Crippen LogP contribution in [0.15, 0.2) is 58.4 Å². The second kappa shape index (κ2) is 10.6. The maximum Gasteiger partial charge on any atom is 0.213 e. The van der Waals surface area contributed by atoms with Crippen molar-refractivity contribution in [3.05, 3.63) is 54.2 Å². The van der Waals surface area contributed by atoms with Crippen molar-refractivity contribution < 1.29 is 4.74 Å². The van der Waals surface area contributed by atoms with E-state index in [1.54, 1.807) is 7.11 Å². The van der Waals surface area contributed by atoms with Crippen molar-refractivity contribution in [1.82, 2.24) is 15.6 Å². The van der Waals surface area contributed by atoms with Gasteiger partial charge in [-0.25, -0.2) is 9.98 Å². The molecule has 0 radical (unpaired) electrons. The Kier molecular flexibility index (Phi) is 8.12. The fourth-order valence-electron chi connectivity index (χ4n) is 2.17. The van der Waals surface area contributed by atoms with E-state index in [2.05, 4.69) is 58.7 Å². The number of methoxy groups -OCH3 is 1. The fraction of sp³-hybridized carbons (Fsp3) is 0.368. The van der Waals surface area contributed by atoms with Crippen LogP contribution in [-0.4, -0.2) is 36.4 Å². The van der Waals surface area contributed by atoms with Crippen molar-refractivity contribution in [3.63, 3.8) is 0 Å². The molecule has 0 saturated carbocycles. The van der Waals surface area contributed by atoms with E-state index in [9.17, 15) is 0 Å². The van der Waals surface area contributed by atoms with Crippen LogP contribution >= 0.6 is 11.8 Å². The van der Waals surface area contributed by atoms with Crippen molar-refractivity contribution in [2.24, 2.45) is 4.99 Å². The molecule has 134 valence electrons. The van der Waals surface area contributed by atoms with Crippen LogP contribution in [0, 0.1) is 0 Å². The van der Waals surface area contributed by atoms with Gasteiger partial charge in [-0.2, -0.15) is 0 Å². The number of guanidine groups is 1. The van der Waals surface area contributed by atoms with E-state index in [1.807, 2.05) is 36.0 Å². The lowest BCUT2D eigenvalue weighted by atomic mass is 10.3. The maximum absolute atomic E-state index is 5.15. The SMILES string of the molecule is CCNC(=NCc1cccc(OC)n1)NCC(C)Sc1ccccc1. The number of hydrogen-bond donors (Lipinski definition) is 2. The van der Waals surface area contributed by atoms with E-state index in [1.165, 1.54) is 4.90 Å². The Labute approximate surface area is 154 Å². The van der Waals surface area contributed by atoms with Crippen LogP contribution in [0.25, 0.3) is 0 Å². The van der Waals surface area contributed by atoms with Crippen molar-refractivity contribution >= 4 is 17.7 Å². The minimum absolute atomic E-state index is 0.432. The molecule has 2 rings (SSSR count). The van der Waals surface area contributed by atoms with Crippen LogP contribution in [0.1, 0.15) is 19.5 Å². The minimum atomic E-state index is 0.432. The molecule has 25 heavy (non-hydrogen) atoms. The molecule has 0 bridgehead atoms. The third-order valence-corrected chi connectivity index (χ3v) is 4.48. The molecule has 5 nitrogen and oxygen atoms in total. The zero-order valence-corrected chi connectivity index (χ0v) is 15.8. The largest absolute Gasteiger partial charge is 0.481 e. The zero-order chi connectivity index (χ0) is 17.9. The second-order valence-electron chi connectivity index (χ2n) is 5.49. The molecular weight excluding hydrogens is 332 g/mol. The van der Waals surface area contributed by atoms with E-state index in [0.29, 0.717) is 17.7 Å². The molecule has 2 N–H and O–H groups in total. The normalized spacial score (nSPS) is 12.5. The number of thioether (sulfide) groups is 1. The Hall–Kier alpha value is -2.21. The van der Waals surface area contributed by atoms with Crippen LogP contribution in [0.3, 0.4) is 0 Å². The number of hydrogen-bond acceptors (Lipinski definition) is 4. The Morgan fingerprint density at radius 1 is 1.16 bits per heavy atom. The van der Waals surface area contributed by atoms with Crippen LogP contribution in [0.5, 0.6) is 5.88 Å².